The second kappa shape index (κ2) is 13.7. The van der Waals surface area contributed by atoms with Gasteiger partial charge in [-0.2, -0.15) is 0 Å². The molecule has 0 unspecified atom stereocenters. The minimum atomic E-state index is -3.23. The number of rotatable bonds is 10. The Balaban J connectivity index is 1.49. The van der Waals surface area contributed by atoms with Crippen LogP contribution < -0.4 is 22.8 Å². The van der Waals surface area contributed by atoms with Crippen LogP contribution in [0.5, 0.6) is 11.5 Å². The Labute approximate surface area is 276 Å². The summed E-state index contributed by atoms with van der Waals surface area (Å²) in [6.07, 6.45) is 0.983. The summed E-state index contributed by atoms with van der Waals surface area (Å²) in [6, 6.07) is 52.5. The first-order valence-corrected chi connectivity index (χ1v) is 20.5. The first kappa shape index (κ1) is 31.3. The normalized spacial score (nSPS) is 11.3. The molecule has 4 heteroatoms. The Morgan fingerprint density at radius 3 is 1.30 bits per heavy atom. The third-order valence-corrected chi connectivity index (χ3v) is 19.5. The molecule has 46 heavy (non-hydrogen) atoms. The summed E-state index contributed by atoms with van der Waals surface area (Å²) in [5, 5.41) is 11.1. The summed E-state index contributed by atoms with van der Waals surface area (Å²) in [4.78, 5) is 2.26. The summed E-state index contributed by atoms with van der Waals surface area (Å²) in [7, 11) is 1.72. The van der Waals surface area contributed by atoms with E-state index in [1.165, 1.54) is 35.4 Å². The number of nitrogens with zero attached hydrogens (tertiary/aromatic N) is 1. The predicted octanol–water partition coefficient (Wildman–Crippen LogP) is 8.51. The van der Waals surface area contributed by atoms with E-state index in [9.17, 15) is 5.11 Å². The van der Waals surface area contributed by atoms with Crippen LogP contribution in [0.2, 0.25) is 5.25 Å². The zero-order valence-electron chi connectivity index (χ0n) is 27.1. The van der Waals surface area contributed by atoms with E-state index < -0.39 is 13.3 Å². The Kier molecular flexibility index (Phi) is 9.32. The summed E-state index contributed by atoms with van der Waals surface area (Å²) in [5.41, 5.74) is 8.25. The number of anilines is 3. The second-order valence-electron chi connectivity index (χ2n) is 12.2. The fourth-order valence-electron chi connectivity index (χ4n) is 6.37. The molecular weight excluding hydrogens is 623 g/mol. The average Bonchev–Trinajstić information content (AvgIpc) is 3.09. The molecule has 0 saturated heterocycles. The van der Waals surface area contributed by atoms with Crippen molar-refractivity contribution in [3.05, 3.63) is 168 Å². The Morgan fingerprint density at radius 1 is 0.500 bits per heavy atom. The fraction of sp³-hybridized carbons (Fsp3) is 0.143. The molecule has 3 nitrogen and oxygen atoms in total. The maximum absolute atomic E-state index is 10.0. The summed E-state index contributed by atoms with van der Waals surface area (Å²) < 4.78 is 9.80. The van der Waals surface area contributed by atoms with Gasteiger partial charge in [0.15, 0.2) is 0 Å². The van der Waals surface area contributed by atoms with Gasteiger partial charge < -0.3 is 0 Å². The topological polar surface area (TPSA) is 32.7 Å². The Bertz CT molecular complexity index is 1770. The molecule has 1 N–H and O–H groups in total. The van der Waals surface area contributed by atoms with E-state index in [1.807, 2.05) is 12.1 Å². The van der Waals surface area contributed by atoms with Gasteiger partial charge in [-0.1, -0.05) is 0 Å². The summed E-state index contributed by atoms with van der Waals surface area (Å²) >= 11 is -3.23. The molecule has 6 rings (SSSR count). The van der Waals surface area contributed by atoms with Crippen molar-refractivity contribution < 1.29 is 9.84 Å². The molecule has 0 atom stereocenters. The standard InChI is InChI=1S/C42H41GeNO2/c1-31-5-13-35(14-6-31)43(36-15-7-32(2)8-16-36,30-29-34-11-27-42(46-4)28-12-34)37-17-21-39(22-18-37)44(38-19-9-33(3)10-20-38)40-23-25-41(45)26-24-40/h5-28,45H,29-30H2,1-4H3. The molecule has 0 radical (unpaired) electrons. The van der Waals surface area contributed by atoms with E-state index in [0.29, 0.717) is 0 Å². The Hall–Kier alpha value is -4.74. The van der Waals surface area contributed by atoms with Gasteiger partial charge in [0.2, 0.25) is 0 Å². The Morgan fingerprint density at radius 2 is 0.870 bits per heavy atom. The van der Waals surface area contributed by atoms with Gasteiger partial charge in [-0.25, -0.2) is 0 Å². The van der Waals surface area contributed by atoms with Crippen LogP contribution in [0.25, 0.3) is 0 Å². The van der Waals surface area contributed by atoms with E-state index in [4.69, 9.17) is 4.74 Å². The SMILES string of the molecule is COc1ccc(C[CH2][Ge]([c]2ccc(C)cc2)([c]2ccc(C)cc2)[c]2ccc(N(c3ccc(C)cc3)c3ccc(O)cc3)cc2)cc1. The molecular formula is C42H41GeNO2. The zero-order valence-corrected chi connectivity index (χ0v) is 29.2. The van der Waals surface area contributed by atoms with Crippen LogP contribution in [0.3, 0.4) is 0 Å². The number of hydrogen-bond donors (Lipinski definition) is 1. The molecule has 0 amide bonds. The van der Waals surface area contributed by atoms with Crippen LogP contribution in [0.1, 0.15) is 22.3 Å². The molecule has 0 heterocycles. The number of phenolic OH excluding ortho intramolecular Hbond substituents is 1. The van der Waals surface area contributed by atoms with Gasteiger partial charge in [-0.3, -0.25) is 0 Å². The third kappa shape index (κ3) is 6.61. The van der Waals surface area contributed by atoms with Crippen molar-refractivity contribution in [1.29, 1.82) is 0 Å². The van der Waals surface area contributed by atoms with Crippen LogP contribution in [-0.4, -0.2) is 25.5 Å². The van der Waals surface area contributed by atoms with E-state index in [0.717, 1.165) is 34.5 Å². The van der Waals surface area contributed by atoms with Crippen molar-refractivity contribution in [2.24, 2.45) is 0 Å². The van der Waals surface area contributed by atoms with Crippen molar-refractivity contribution in [2.45, 2.75) is 32.4 Å². The number of phenols is 1. The minimum absolute atomic E-state index is 0.258. The van der Waals surface area contributed by atoms with Crippen molar-refractivity contribution in [2.75, 3.05) is 12.0 Å². The van der Waals surface area contributed by atoms with Crippen LogP contribution in [0, 0.1) is 20.8 Å². The van der Waals surface area contributed by atoms with Crippen molar-refractivity contribution >= 4 is 43.5 Å². The van der Waals surface area contributed by atoms with Gasteiger partial charge >= 0.3 is 277 Å². The maximum atomic E-state index is 10.0. The predicted molar refractivity (Wildman–Crippen MR) is 196 cm³/mol. The van der Waals surface area contributed by atoms with Crippen molar-refractivity contribution in [3.8, 4) is 11.5 Å². The van der Waals surface area contributed by atoms with E-state index in [-0.39, 0.29) is 5.75 Å². The van der Waals surface area contributed by atoms with E-state index in [1.54, 1.807) is 19.2 Å². The van der Waals surface area contributed by atoms with Crippen molar-refractivity contribution in [1.82, 2.24) is 0 Å². The van der Waals surface area contributed by atoms with Crippen LogP contribution in [-0.2, 0) is 6.42 Å². The second-order valence-corrected chi connectivity index (χ2v) is 20.7. The monoisotopic (exact) mass is 665 g/mol. The number of aryl methyl sites for hydroxylation is 4. The molecule has 6 aromatic carbocycles. The van der Waals surface area contributed by atoms with Gasteiger partial charge in [0.25, 0.3) is 0 Å². The van der Waals surface area contributed by atoms with Gasteiger partial charge in [0.05, 0.1) is 0 Å². The molecule has 0 aromatic heterocycles. The molecule has 0 spiro atoms. The van der Waals surface area contributed by atoms with Gasteiger partial charge in [0, 0.05) is 0 Å². The van der Waals surface area contributed by atoms with Crippen LogP contribution >= 0.6 is 0 Å². The zero-order chi connectivity index (χ0) is 32.1. The first-order valence-electron chi connectivity index (χ1n) is 15.9. The van der Waals surface area contributed by atoms with Crippen LogP contribution in [0.4, 0.5) is 17.1 Å². The molecule has 0 aliphatic heterocycles. The average molecular weight is 664 g/mol. The molecule has 0 fully saturated rings. The van der Waals surface area contributed by atoms with E-state index in [2.05, 4.69) is 147 Å². The molecule has 0 aliphatic carbocycles. The quantitative estimate of drug-likeness (QED) is 0.149. The number of benzene rings is 6. The fourth-order valence-corrected chi connectivity index (χ4v) is 16.3. The number of ether oxygens (including phenoxy) is 1. The molecule has 230 valence electrons. The third-order valence-electron chi connectivity index (χ3n) is 9.05. The number of methoxy groups -OCH3 is 1. The summed E-state index contributed by atoms with van der Waals surface area (Å²) in [6.45, 7) is 6.44. The van der Waals surface area contributed by atoms with Gasteiger partial charge in [-0.05, 0) is 0 Å². The van der Waals surface area contributed by atoms with Crippen LogP contribution in [0.15, 0.2) is 146 Å². The van der Waals surface area contributed by atoms with Gasteiger partial charge in [-0.15, -0.1) is 0 Å². The van der Waals surface area contributed by atoms with Gasteiger partial charge in [0.1, 0.15) is 0 Å². The number of hydrogen-bond acceptors (Lipinski definition) is 3. The summed E-state index contributed by atoms with van der Waals surface area (Å²) in [5.74, 6) is 1.14. The van der Waals surface area contributed by atoms with Crippen molar-refractivity contribution in [3.63, 3.8) is 0 Å². The molecule has 6 aromatic rings. The first-order chi connectivity index (χ1) is 22.4. The molecule has 0 saturated carbocycles. The number of aromatic hydroxyl groups is 1. The van der Waals surface area contributed by atoms with E-state index >= 15 is 0 Å². The molecule has 0 aliphatic rings. The molecule has 0 bridgehead atoms.